The van der Waals surface area contributed by atoms with Crippen molar-refractivity contribution in [3.8, 4) is 5.75 Å². The fourth-order valence-corrected chi connectivity index (χ4v) is 2.42. The second-order valence-electron chi connectivity index (χ2n) is 3.91. The lowest BCUT2D eigenvalue weighted by molar-refractivity contribution is 0.473. The third-order valence-corrected chi connectivity index (χ3v) is 2.65. The summed E-state index contributed by atoms with van der Waals surface area (Å²) in [6, 6.07) is 5.51. The van der Waals surface area contributed by atoms with Crippen molar-refractivity contribution in [3.05, 3.63) is 27.3 Å². The smallest absolute Gasteiger partial charge is 0.116 e. The minimum atomic E-state index is 0.157. The predicted molar refractivity (Wildman–Crippen MR) is 59.5 cm³/mol. The van der Waals surface area contributed by atoms with Gasteiger partial charge in [0.1, 0.15) is 5.75 Å². The van der Waals surface area contributed by atoms with Crippen molar-refractivity contribution in [3.63, 3.8) is 0 Å². The van der Waals surface area contributed by atoms with Crippen molar-refractivity contribution in [1.29, 1.82) is 0 Å². The van der Waals surface area contributed by atoms with Gasteiger partial charge in [-0.2, -0.15) is 0 Å². The van der Waals surface area contributed by atoms with E-state index in [1.807, 2.05) is 6.07 Å². The van der Waals surface area contributed by atoms with Gasteiger partial charge in [0.2, 0.25) is 0 Å². The average Bonchev–Trinajstić information content (AvgIpc) is 1.83. The van der Waals surface area contributed by atoms with Crippen molar-refractivity contribution in [2.45, 2.75) is 26.2 Å². The molecule has 1 nitrogen and oxygen atoms in total. The van der Waals surface area contributed by atoms with E-state index in [0.29, 0.717) is 5.75 Å². The maximum atomic E-state index is 9.20. The van der Waals surface area contributed by atoms with Gasteiger partial charge in [-0.05, 0) is 45.7 Å². The molecular formula is C10H13IO. The van der Waals surface area contributed by atoms with Crippen LogP contribution in [0.5, 0.6) is 5.75 Å². The monoisotopic (exact) mass is 276 g/mol. The Labute approximate surface area is 86.9 Å². The van der Waals surface area contributed by atoms with Crippen LogP contribution in [0, 0.1) is 3.57 Å². The molecule has 0 saturated carbocycles. The molecule has 0 fully saturated rings. The van der Waals surface area contributed by atoms with E-state index in [9.17, 15) is 5.11 Å². The molecule has 0 bridgehead atoms. The number of aromatic hydroxyl groups is 1. The van der Waals surface area contributed by atoms with Crippen LogP contribution in [-0.4, -0.2) is 5.11 Å². The van der Waals surface area contributed by atoms with Crippen LogP contribution in [0.4, 0.5) is 0 Å². The van der Waals surface area contributed by atoms with Gasteiger partial charge in [-0.3, -0.25) is 0 Å². The van der Waals surface area contributed by atoms with Gasteiger partial charge in [0.25, 0.3) is 0 Å². The largest absolute Gasteiger partial charge is 0.508 e. The highest BCUT2D eigenvalue weighted by atomic mass is 127. The Bertz CT molecular complexity index is 286. The van der Waals surface area contributed by atoms with Crippen LogP contribution >= 0.6 is 22.6 Å². The normalized spacial score (nSPS) is 11.7. The van der Waals surface area contributed by atoms with Gasteiger partial charge in [-0.15, -0.1) is 0 Å². The molecule has 0 aliphatic rings. The summed E-state index contributed by atoms with van der Waals surface area (Å²) in [6.07, 6.45) is 0. The van der Waals surface area contributed by atoms with E-state index in [1.165, 1.54) is 5.56 Å². The molecule has 0 spiro atoms. The molecule has 0 aliphatic carbocycles. The average molecular weight is 276 g/mol. The first-order valence-electron chi connectivity index (χ1n) is 3.90. The van der Waals surface area contributed by atoms with E-state index in [-0.39, 0.29) is 5.41 Å². The first kappa shape index (κ1) is 9.84. The molecule has 1 aromatic carbocycles. The predicted octanol–water partition coefficient (Wildman–Crippen LogP) is 3.29. The molecule has 12 heavy (non-hydrogen) atoms. The number of phenols is 1. The Balaban J connectivity index is 3.19. The molecule has 0 radical (unpaired) electrons. The zero-order chi connectivity index (χ0) is 9.35. The van der Waals surface area contributed by atoms with Gasteiger partial charge in [-0.1, -0.05) is 26.8 Å². The minimum Gasteiger partial charge on any atom is -0.508 e. The standard InChI is InChI=1S/C10H13IO/c1-10(2,3)8-5-4-7(12)6-9(8)11/h4-6,12H,1-3H3. The zero-order valence-electron chi connectivity index (χ0n) is 7.56. The van der Waals surface area contributed by atoms with Crippen LogP contribution in [0.3, 0.4) is 0 Å². The highest BCUT2D eigenvalue weighted by Gasteiger charge is 2.16. The number of hydrogen-bond acceptors (Lipinski definition) is 1. The number of benzene rings is 1. The van der Waals surface area contributed by atoms with Crippen molar-refractivity contribution in [2.75, 3.05) is 0 Å². The van der Waals surface area contributed by atoms with E-state index in [0.717, 1.165) is 3.57 Å². The van der Waals surface area contributed by atoms with E-state index in [4.69, 9.17) is 0 Å². The summed E-state index contributed by atoms with van der Waals surface area (Å²) in [4.78, 5) is 0. The third-order valence-electron chi connectivity index (χ3n) is 1.76. The van der Waals surface area contributed by atoms with Crippen molar-refractivity contribution in [1.82, 2.24) is 0 Å². The second kappa shape index (κ2) is 3.24. The molecule has 1 aromatic rings. The van der Waals surface area contributed by atoms with E-state index >= 15 is 0 Å². The summed E-state index contributed by atoms with van der Waals surface area (Å²) in [5.41, 5.74) is 1.44. The quantitative estimate of drug-likeness (QED) is 0.721. The Hall–Kier alpha value is -0.250. The molecule has 0 aromatic heterocycles. The van der Waals surface area contributed by atoms with Gasteiger partial charge in [-0.25, -0.2) is 0 Å². The van der Waals surface area contributed by atoms with Crippen LogP contribution in [0.25, 0.3) is 0 Å². The highest BCUT2D eigenvalue weighted by Crippen LogP contribution is 2.29. The van der Waals surface area contributed by atoms with E-state index < -0.39 is 0 Å². The van der Waals surface area contributed by atoms with Crippen molar-refractivity contribution in [2.24, 2.45) is 0 Å². The van der Waals surface area contributed by atoms with Gasteiger partial charge < -0.3 is 5.11 Å². The number of halogens is 1. The number of phenolic OH excluding ortho intramolecular Hbond substituents is 1. The highest BCUT2D eigenvalue weighted by molar-refractivity contribution is 14.1. The molecule has 0 saturated heterocycles. The molecule has 2 heteroatoms. The summed E-state index contributed by atoms with van der Waals surface area (Å²) >= 11 is 2.25. The first-order chi connectivity index (χ1) is 5.41. The summed E-state index contributed by atoms with van der Waals surface area (Å²) in [5.74, 6) is 0.340. The number of hydrogen-bond donors (Lipinski definition) is 1. The van der Waals surface area contributed by atoms with Gasteiger partial charge in [0, 0.05) is 3.57 Å². The second-order valence-corrected chi connectivity index (χ2v) is 5.08. The Morgan fingerprint density at radius 1 is 1.25 bits per heavy atom. The maximum Gasteiger partial charge on any atom is 0.116 e. The summed E-state index contributed by atoms with van der Waals surface area (Å²) < 4.78 is 1.13. The molecule has 1 N–H and O–H groups in total. The van der Waals surface area contributed by atoms with Gasteiger partial charge in [0.15, 0.2) is 0 Å². The number of rotatable bonds is 0. The van der Waals surface area contributed by atoms with E-state index in [1.54, 1.807) is 12.1 Å². The Morgan fingerprint density at radius 3 is 2.25 bits per heavy atom. The van der Waals surface area contributed by atoms with Crippen LogP contribution in [0.2, 0.25) is 0 Å². The fraction of sp³-hybridized carbons (Fsp3) is 0.400. The zero-order valence-corrected chi connectivity index (χ0v) is 9.71. The molecule has 0 amide bonds. The van der Waals surface area contributed by atoms with Crippen LogP contribution in [0.1, 0.15) is 26.3 Å². The summed E-state index contributed by atoms with van der Waals surface area (Å²) in [7, 11) is 0. The lowest BCUT2D eigenvalue weighted by Crippen LogP contribution is -2.12. The van der Waals surface area contributed by atoms with Crippen molar-refractivity contribution >= 4 is 22.6 Å². The van der Waals surface area contributed by atoms with E-state index in [2.05, 4.69) is 43.4 Å². The van der Waals surface area contributed by atoms with Crippen LogP contribution in [0.15, 0.2) is 18.2 Å². The Kier molecular flexibility index (Phi) is 2.66. The lowest BCUT2D eigenvalue weighted by Gasteiger charge is -2.20. The van der Waals surface area contributed by atoms with Crippen LogP contribution < -0.4 is 0 Å². The molecule has 0 heterocycles. The SMILES string of the molecule is CC(C)(C)c1ccc(O)cc1I. The van der Waals surface area contributed by atoms with Crippen molar-refractivity contribution < 1.29 is 5.11 Å². The topological polar surface area (TPSA) is 20.2 Å². The van der Waals surface area contributed by atoms with Gasteiger partial charge in [0.05, 0.1) is 0 Å². The fourth-order valence-electron chi connectivity index (χ4n) is 1.11. The third kappa shape index (κ3) is 2.12. The first-order valence-corrected chi connectivity index (χ1v) is 4.98. The molecule has 0 atom stereocenters. The maximum absolute atomic E-state index is 9.20. The molecule has 0 aliphatic heterocycles. The molecular weight excluding hydrogens is 263 g/mol. The molecule has 0 unspecified atom stereocenters. The Morgan fingerprint density at radius 2 is 1.83 bits per heavy atom. The van der Waals surface area contributed by atoms with Gasteiger partial charge >= 0.3 is 0 Å². The van der Waals surface area contributed by atoms with Crippen LogP contribution in [-0.2, 0) is 5.41 Å². The molecule has 1 rings (SSSR count). The lowest BCUT2D eigenvalue weighted by atomic mass is 9.87. The molecule has 66 valence electrons. The minimum absolute atomic E-state index is 0.157. The summed E-state index contributed by atoms with van der Waals surface area (Å²) in [6.45, 7) is 6.50. The summed E-state index contributed by atoms with van der Waals surface area (Å²) in [5, 5.41) is 9.20.